The third-order valence-corrected chi connectivity index (χ3v) is 3.80. The van der Waals surface area contributed by atoms with E-state index in [0.717, 1.165) is 13.0 Å². The zero-order chi connectivity index (χ0) is 12.1. The zero-order valence-electron chi connectivity index (χ0n) is 9.78. The maximum Gasteiger partial charge on any atom is 0.0351 e. The molecule has 2 rings (SSSR count). The second-order valence-electron chi connectivity index (χ2n) is 4.00. The molecule has 1 aromatic carbocycles. The van der Waals surface area contributed by atoms with Crippen LogP contribution in [-0.2, 0) is 6.42 Å². The second-order valence-corrected chi connectivity index (χ2v) is 5.16. The van der Waals surface area contributed by atoms with Crippen molar-refractivity contribution < 1.29 is 0 Å². The van der Waals surface area contributed by atoms with Crippen molar-refractivity contribution in [1.29, 1.82) is 0 Å². The molecule has 1 N–H and O–H groups in total. The minimum absolute atomic E-state index is 0.935. The van der Waals surface area contributed by atoms with Gasteiger partial charge in [0, 0.05) is 28.2 Å². The summed E-state index contributed by atoms with van der Waals surface area (Å²) in [6.07, 6.45) is 4.72. The standard InChI is InChI=1S/C14H15IN2/c1-11-4-5-13(9-14(11)15)17-8-6-12-3-2-7-16-10-12/h2-5,7,9-10,17H,6,8H2,1H3. The number of anilines is 1. The van der Waals surface area contributed by atoms with Gasteiger partial charge in [-0.1, -0.05) is 12.1 Å². The second kappa shape index (κ2) is 6.00. The molecule has 0 aliphatic carbocycles. The van der Waals surface area contributed by atoms with Crippen LogP contribution in [0.5, 0.6) is 0 Å². The van der Waals surface area contributed by atoms with E-state index in [0.29, 0.717) is 0 Å². The van der Waals surface area contributed by atoms with Crippen molar-refractivity contribution in [3.8, 4) is 0 Å². The maximum atomic E-state index is 4.11. The lowest BCUT2D eigenvalue weighted by molar-refractivity contribution is 1.00. The monoisotopic (exact) mass is 338 g/mol. The van der Waals surface area contributed by atoms with Gasteiger partial charge >= 0.3 is 0 Å². The van der Waals surface area contributed by atoms with Gasteiger partial charge < -0.3 is 5.32 Å². The topological polar surface area (TPSA) is 24.9 Å². The van der Waals surface area contributed by atoms with Crippen LogP contribution in [0, 0.1) is 10.5 Å². The molecular weight excluding hydrogens is 323 g/mol. The van der Waals surface area contributed by atoms with E-state index in [9.17, 15) is 0 Å². The van der Waals surface area contributed by atoms with Gasteiger partial charge in [-0.05, 0) is 65.3 Å². The quantitative estimate of drug-likeness (QED) is 0.861. The van der Waals surface area contributed by atoms with Crippen LogP contribution in [0.2, 0.25) is 0 Å². The molecule has 0 amide bonds. The zero-order valence-corrected chi connectivity index (χ0v) is 11.9. The summed E-state index contributed by atoms with van der Waals surface area (Å²) in [7, 11) is 0. The van der Waals surface area contributed by atoms with Gasteiger partial charge in [-0.25, -0.2) is 0 Å². The summed E-state index contributed by atoms with van der Waals surface area (Å²) >= 11 is 2.36. The number of benzene rings is 1. The van der Waals surface area contributed by atoms with Gasteiger partial charge in [0.05, 0.1) is 0 Å². The Bertz CT molecular complexity index is 483. The van der Waals surface area contributed by atoms with Crippen LogP contribution in [0.15, 0.2) is 42.7 Å². The van der Waals surface area contributed by atoms with E-state index in [1.807, 2.05) is 12.3 Å². The molecule has 88 valence electrons. The highest BCUT2D eigenvalue weighted by Gasteiger charge is 1.97. The number of hydrogen-bond donors (Lipinski definition) is 1. The van der Waals surface area contributed by atoms with Gasteiger partial charge in [-0.2, -0.15) is 0 Å². The summed E-state index contributed by atoms with van der Waals surface area (Å²) < 4.78 is 1.30. The van der Waals surface area contributed by atoms with Gasteiger partial charge in [0.25, 0.3) is 0 Å². The first-order valence-corrected chi connectivity index (χ1v) is 6.72. The lowest BCUT2D eigenvalue weighted by atomic mass is 10.2. The molecule has 0 bridgehead atoms. The van der Waals surface area contributed by atoms with Gasteiger partial charge in [0.2, 0.25) is 0 Å². The predicted molar refractivity (Wildman–Crippen MR) is 80.3 cm³/mol. The molecule has 1 heterocycles. The van der Waals surface area contributed by atoms with Crippen molar-refractivity contribution in [3.63, 3.8) is 0 Å². The Kier molecular flexibility index (Phi) is 4.36. The van der Waals surface area contributed by atoms with Crippen LogP contribution in [-0.4, -0.2) is 11.5 Å². The summed E-state index contributed by atoms with van der Waals surface area (Å²) in [5.74, 6) is 0. The van der Waals surface area contributed by atoms with E-state index in [4.69, 9.17) is 0 Å². The summed E-state index contributed by atoms with van der Waals surface area (Å²) in [4.78, 5) is 4.11. The third-order valence-electron chi connectivity index (χ3n) is 2.64. The first-order valence-electron chi connectivity index (χ1n) is 5.64. The van der Waals surface area contributed by atoms with Crippen molar-refractivity contribution in [2.45, 2.75) is 13.3 Å². The van der Waals surface area contributed by atoms with Gasteiger partial charge in [0.15, 0.2) is 0 Å². The molecule has 0 saturated carbocycles. The molecule has 0 aliphatic heterocycles. The van der Waals surface area contributed by atoms with E-state index in [-0.39, 0.29) is 0 Å². The number of aromatic nitrogens is 1. The van der Waals surface area contributed by atoms with Crippen molar-refractivity contribution in [2.75, 3.05) is 11.9 Å². The molecule has 17 heavy (non-hydrogen) atoms. The Morgan fingerprint density at radius 1 is 1.29 bits per heavy atom. The molecule has 0 radical (unpaired) electrons. The molecule has 0 spiro atoms. The van der Waals surface area contributed by atoms with Crippen LogP contribution >= 0.6 is 22.6 Å². The largest absolute Gasteiger partial charge is 0.385 e. The Balaban J connectivity index is 1.88. The van der Waals surface area contributed by atoms with E-state index < -0.39 is 0 Å². The Morgan fingerprint density at radius 2 is 2.18 bits per heavy atom. The number of nitrogens with one attached hydrogen (secondary N) is 1. The van der Waals surface area contributed by atoms with Crippen molar-refractivity contribution >= 4 is 28.3 Å². The van der Waals surface area contributed by atoms with Crippen LogP contribution < -0.4 is 5.32 Å². The number of nitrogens with zero attached hydrogens (tertiary/aromatic N) is 1. The van der Waals surface area contributed by atoms with Crippen molar-refractivity contribution in [1.82, 2.24) is 4.98 Å². The maximum absolute atomic E-state index is 4.11. The lowest BCUT2D eigenvalue weighted by Crippen LogP contribution is -2.05. The predicted octanol–water partition coefficient (Wildman–Crippen LogP) is 3.65. The first kappa shape index (κ1) is 12.4. The lowest BCUT2D eigenvalue weighted by Gasteiger charge is -2.07. The summed E-state index contributed by atoms with van der Waals surface area (Å²) in [6.45, 7) is 3.06. The molecule has 1 aromatic heterocycles. The fourth-order valence-electron chi connectivity index (χ4n) is 1.60. The fraction of sp³-hybridized carbons (Fsp3) is 0.214. The van der Waals surface area contributed by atoms with Gasteiger partial charge in [0.1, 0.15) is 0 Å². The highest BCUT2D eigenvalue weighted by molar-refractivity contribution is 14.1. The number of halogens is 1. The van der Waals surface area contributed by atoms with E-state index in [1.54, 1.807) is 6.20 Å². The Labute approximate surface area is 116 Å². The Hall–Kier alpha value is -1.10. The van der Waals surface area contributed by atoms with E-state index in [1.165, 1.54) is 20.4 Å². The molecule has 0 saturated heterocycles. The first-order chi connectivity index (χ1) is 8.25. The summed E-state index contributed by atoms with van der Waals surface area (Å²) in [5.41, 5.74) is 3.77. The molecule has 0 unspecified atom stereocenters. The normalized spacial score (nSPS) is 10.2. The van der Waals surface area contributed by atoms with E-state index in [2.05, 4.69) is 64.1 Å². The number of aryl methyl sites for hydroxylation is 1. The molecule has 0 fully saturated rings. The average Bonchev–Trinajstić information content (AvgIpc) is 2.35. The van der Waals surface area contributed by atoms with Crippen LogP contribution in [0.3, 0.4) is 0 Å². The van der Waals surface area contributed by atoms with Crippen LogP contribution in [0.4, 0.5) is 5.69 Å². The van der Waals surface area contributed by atoms with Crippen LogP contribution in [0.25, 0.3) is 0 Å². The highest BCUT2D eigenvalue weighted by Crippen LogP contribution is 2.16. The molecule has 3 heteroatoms. The smallest absolute Gasteiger partial charge is 0.0351 e. The minimum atomic E-state index is 0.935. The average molecular weight is 338 g/mol. The molecule has 0 aliphatic rings. The number of rotatable bonds is 4. The van der Waals surface area contributed by atoms with Crippen molar-refractivity contribution in [2.24, 2.45) is 0 Å². The minimum Gasteiger partial charge on any atom is -0.385 e. The fourth-order valence-corrected chi connectivity index (χ4v) is 2.12. The van der Waals surface area contributed by atoms with Gasteiger partial charge in [-0.15, -0.1) is 0 Å². The van der Waals surface area contributed by atoms with Crippen LogP contribution in [0.1, 0.15) is 11.1 Å². The molecule has 2 nitrogen and oxygen atoms in total. The number of pyridine rings is 1. The third kappa shape index (κ3) is 3.70. The Morgan fingerprint density at radius 3 is 2.88 bits per heavy atom. The molecule has 2 aromatic rings. The summed E-state index contributed by atoms with van der Waals surface area (Å²) in [6, 6.07) is 10.5. The SMILES string of the molecule is Cc1ccc(NCCc2cccnc2)cc1I. The summed E-state index contributed by atoms with van der Waals surface area (Å²) in [5, 5.41) is 3.43. The molecule has 0 atom stereocenters. The van der Waals surface area contributed by atoms with E-state index >= 15 is 0 Å². The molecular formula is C14H15IN2. The number of hydrogen-bond acceptors (Lipinski definition) is 2. The highest BCUT2D eigenvalue weighted by atomic mass is 127. The van der Waals surface area contributed by atoms with Crippen molar-refractivity contribution in [3.05, 3.63) is 57.4 Å². The van der Waals surface area contributed by atoms with Gasteiger partial charge in [-0.3, -0.25) is 4.98 Å².